The van der Waals surface area contributed by atoms with E-state index in [1.807, 2.05) is 30.3 Å². The number of carbonyl (C=O) groups excluding carboxylic acids is 2. The minimum atomic E-state index is -0.535. The van der Waals surface area contributed by atoms with Gasteiger partial charge in [-0.1, -0.05) is 46.3 Å². The highest BCUT2D eigenvalue weighted by Gasteiger charge is 2.51. The normalized spacial score (nSPS) is 24.5. The maximum Gasteiger partial charge on any atom is 0.356 e. The van der Waals surface area contributed by atoms with E-state index in [1.54, 1.807) is 0 Å². The summed E-state index contributed by atoms with van der Waals surface area (Å²) < 4.78 is 5.97. The van der Waals surface area contributed by atoms with Gasteiger partial charge in [-0.15, -0.1) is 11.8 Å². The Morgan fingerprint density at radius 1 is 1.43 bits per heavy atom. The monoisotopic (exact) mass is 368 g/mol. The first-order valence-corrected chi connectivity index (χ1v) is 8.23. The molecule has 0 aliphatic carbocycles. The van der Waals surface area contributed by atoms with E-state index in [1.165, 1.54) is 16.7 Å². The highest BCUT2D eigenvalue weighted by Crippen LogP contribution is 2.41. The number of halogens is 1. The zero-order valence-corrected chi connectivity index (χ0v) is 13.4. The SMILES string of the molecule is NC1C(=O)N2C(C(=O)OCc3ccccc3)=C(Br)CS[C@H]12. The number of ether oxygens (including phenoxy) is 1. The Bertz CT molecular complexity index is 620. The molecular formula is C14H13BrN2O3S. The fourth-order valence-corrected chi connectivity index (χ4v) is 4.15. The van der Waals surface area contributed by atoms with Gasteiger partial charge in [0.05, 0.1) is 0 Å². The summed E-state index contributed by atoms with van der Waals surface area (Å²) >= 11 is 4.89. The van der Waals surface area contributed by atoms with Crippen LogP contribution in [0.3, 0.4) is 0 Å². The first-order chi connectivity index (χ1) is 10.1. The average Bonchev–Trinajstić information content (AvgIpc) is 2.52. The third kappa shape index (κ3) is 2.61. The number of carbonyl (C=O) groups is 2. The van der Waals surface area contributed by atoms with Gasteiger partial charge in [0.1, 0.15) is 23.7 Å². The largest absolute Gasteiger partial charge is 0.456 e. The predicted octanol–water partition coefficient (Wildman–Crippen LogP) is 1.58. The minimum Gasteiger partial charge on any atom is -0.456 e. The highest BCUT2D eigenvalue weighted by atomic mass is 79.9. The van der Waals surface area contributed by atoms with Crippen LogP contribution in [0.25, 0.3) is 0 Å². The Balaban J connectivity index is 1.73. The molecule has 2 heterocycles. The van der Waals surface area contributed by atoms with Gasteiger partial charge in [0.2, 0.25) is 5.91 Å². The molecule has 1 unspecified atom stereocenters. The third-order valence-electron chi connectivity index (χ3n) is 3.37. The molecule has 0 saturated carbocycles. The molecule has 7 heteroatoms. The lowest BCUT2D eigenvalue weighted by molar-refractivity contribution is -0.151. The molecule has 1 saturated heterocycles. The molecule has 1 aromatic carbocycles. The number of β-lactam (4-membered cyclic amide) rings is 1. The first-order valence-electron chi connectivity index (χ1n) is 6.39. The fraction of sp³-hybridized carbons (Fsp3) is 0.286. The minimum absolute atomic E-state index is 0.168. The van der Waals surface area contributed by atoms with Gasteiger partial charge < -0.3 is 10.5 Å². The van der Waals surface area contributed by atoms with Crippen molar-refractivity contribution in [2.45, 2.75) is 18.0 Å². The summed E-state index contributed by atoms with van der Waals surface area (Å²) in [6.07, 6.45) is 0. The zero-order valence-electron chi connectivity index (χ0n) is 11.0. The third-order valence-corrected chi connectivity index (χ3v) is 5.70. The number of hydrogen-bond acceptors (Lipinski definition) is 5. The average molecular weight is 369 g/mol. The number of nitrogens with two attached hydrogens (primary N) is 1. The number of nitrogens with zero attached hydrogens (tertiary/aromatic N) is 1. The van der Waals surface area contributed by atoms with E-state index in [2.05, 4.69) is 15.9 Å². The van der Waals surface area contributed by atoms with Crippen molar-refractivity contribution in [2.24, 2.45) is 5.73 Å². The molecule has 110 valence electrons. The molecule has 0 aromatic heterocycles. The molecule has 2 aliphatic heterocycles. The van der Waals surface area contributed by atoms with Gasteiger partial charge in [0.25, 0.3) is 0 Å². The molecule has 1 aromatic rings. The lowest BCUT2D eigenvalue weighted by Gasteiger charge is -2.47. The number of amides is 1. The predicted molar refractivity (Wildman–Crippen MR) is 83.3 cm³/mol. The molecule has 2 N–H and O–H groups in total. The van der Waals surface area contributed by atoms with Crippen molar-refractivity contribution in [3.8, 4) is 0 Å². The number of esters is 1. The van der Waals surface area contributed by atoms with Crippen molar-refractivity contribution in [1.82, 2.24) is 4.90 Å². The van der Waals surface area contributed by atoms with Crippen LogP contribution in [0.15, 0.2) is 40.5 Å². The maximum absolute atomic E-state index is 12.3. The van der Waals surface area contributed by atoms with Crippen LogP contribution < -0.4 is 5.73 Å². The summed E-state index contributed by atoms with van der Waals surface area (Å²) in [7, 11) is 0. The van der Waals surface area contributed by atoms with Gasteiger partial charge >= 0.3 is 5.97 Å². The Hall–Kier alpha value is -1.31. The Labute approximate surface area is 134 Å². The summed E-state index contributed by atoms with van der Waals surface area (Å²) in [5.74, 6) is -0.134. The highest BCUT2D eigenvalue weighted by molar-refractivity contribution is 9.11. The fourth-order valence-electron chi connectivity index (χ4n) is 2.26. The van der Waals surface area contributed by atoms with Crippen molar-refractivity contribution >= 4 is 39.6 Å². The van der Waals surface area contributed by atoms with Crippen molar-refractivity contribution in [3.05, 3.63) is 46.1 Å². The molecule has 0 spiro atoms. The van der Waals surface area contributed by atoms with Crippen LogP contribution in [0.1, 0.15) is 5.56 Å². The molecule has 21 heavy (non-hydrogen) atoms. The molecule has 3 rings (SSSR count). The van der Waals surface area contributed by atoms with Crippen LogP contribution in [0.2, 0.25) is 0 Å². The Kier molecular flexibility index (Phi) is 4.05. The summed E-state index contributed by atoms with van der Waals surface area (Å²) in [6, 6.07) is 8.87. The van der Waals surface area contributed by atoms with Gasteiger partial charge in [0.15, 0.2) is 0 Å². The topological polar surface area (TPSA) is 72.6 Å². The van der Waals surface area contributed by atoms with Crippen LogP contribution in [-0.2, 0) is 20.9 Å². The van der Waals surface area contributed by atoms with Crippen LogP contribution in [0.5, 0.6) is 0 Å². The Morgan fingerprint density at radius 3 is 2.86 bits per heavy atom. The van der Waals surface area contributed by atoms with Crippen molar-refractivity contribution in [3.63, 3.8) is 0 Å². The number of benzene rings is 1. The maximum atomic E-state index is 12.3. The van der Waals surface area contributed by atoms with Crippen molar-refractivity contribution in [2.75, 3.05) is 5.75 Å². The van der Waals surface area contributed by atoms with E-state index < -0.39 is 12.0 Å². The molecular weight excluding hydrogens is 356 g/mol. The molecule has 5 nitrogen and oxygen atoms in total. The quantitative estimate of drug-likeness (QED) is 0.647. The second kappa shape index (κ2) is 5.82. The number of thioether (sulfide) groups is 1. The standard InChI is InChI=1S/C14H13BrN2O3S/c15-9-7-21-13-10(16)12(18)17(13)11(9)14(19)20-6-8-4-2-1-3-5-8/h1-5,10,13H,6-7,16H2/t10?,13-/m1/s1. The van der Waals surface area contributed by atoms with Crippen LogP contribution in [0.4, 0.5) is 0 Å². The van der Waals surface area contributed by atoms with Gasteiger partial charge in [0, 0.05) is 10.2 Å². The van der Waals surface area contributed by atoms with Crippen LogP contribution in [0, 0.1) is 0 Å². The summed E-state index contributed by atoms with van der Waals surface area (Å²) in [4.78, 5) is 25.6. The van der Waals surface area contributed by atoms with E-state index in [0.717, 1.165) is 5.56 Å². The lowest BCUT2D eigenvalue weighted by Crippen LogP contribution is -2.68. The van der Waals surface area contributed by atoms with Crippen LogP contribution >= 0.6 is 27.7 Å². The van der Waals surface area contributed by atoms with E-state index >= 15 is 0 Å². The molecule has 2 atom stereocenters. The Morgan fingerprint density at radius 2 is 2.14 bits per heavy atom. The van der Waals surface area contributed by atoms with E-state index in [4.69, 9.17) is 10.5 Å². The molecule has 0 radical (unpaired) electrons. The smallest absolute Gasteiger partial charge is 0.356 e. The summed E-state index contributed by atoms with van der Waals surface area (Å²) in [5.41, 5.74) is 6.93. The van der Waals surface area contributed by atoms with Crippen molar-refractivity contribution in [1.29, 1.82) is 0 Å². The molecule has 1 fully saturated rings. The lowest BCUT2D eigenvalue weighted by atomic mass is 10.1. The summed E-state index contributed by atoms with van der Waals surface area (Å²) in [6.45, 7) is 0.176. The van der Waals surface area contributed by atoms with Crippen molar-refractivity contribution < 1.29 is 14.3 Å². The molecule has 0 bridgehead atoms. The molecule has 2 aliphatic rings. The van der Waals surface area contributed by atoms with Gasteiger partial charge in [-0.3, -0.25) is 9.69 Å². The number of hydrogen-bond donors (Lipinski definition) is 1. The second-order valence-electron chi connectivity index (χ2n) is 4.75. The van der Waals surface area contributed by atoms with Crippen LogP contribution in [-0.4, -0.2) is 33.9 Å². The second-order valence-corrected chi connectivity index (χ2v) is 6.81. The zero-order chi connectivity index (χ0) is 15.0. The molecule has 1 amide bonds. The van der Waals surface area contributed by atoms with E-state index in [-0.39, 0.29) is 23.6 Å². The first kappa shape index (κ1) is 14.6. The van der Waals surface area contributed by atoms with E-state index in [0.29, 0.717) is 10.2 Å². The number of fused-ring (bicyclic) bond motifs is 1. The van der Waals surface area contributed by atoms with Gasteiger partial charge in [-0.2, -0.15) is 0 Å². The van der Waals surface area contributed by atoms with E-state index in [9.17, 15) is 9.59 Å². The number of rotatable bonds is 3. The van der Waals surface area contributed by atoms with Gasteiger partial charge in [-0.05, 0) is 5.56 Å². The van der Waals surface area contributed by atoms with Gasteiger partial charge in [-0.25, -0.2) is 4.79 Å². The summed E-state index contributed by atoms with van der Waals surface area (Å²) in [5, 5.41) is -0.168.